The molecule has 3 heterocycles. The van der Waals surface area contributed by atoms with Gasteiger partial charge in [-0.15, -0.1) is 0 Å². The molecule has 1 aliphatic rings. The van der Waals surface area contributed by atoms with Crippen LogP contribution in [0.1, 0.15) is 25.0 Å². The highest BCUT2D eigenvalue weighted by Crippen LogP contribution is 2.30. The van der Waals surface area contributed by atoms with Crippen molar-refractivity contribution in [2.75, 3.05) is 19.6 Å². The summed E-state index contributed by atoms with van der Waals surface area (Å²) < 4.78 is 20.5. The molecule has 3 aromatic rings. The van der Waals surface area contributed by atoms with Crippen LogP contribution in [0.2, 0.25) is 0 Å². The van der Waals surface area contributed by atoms with Crippen molar-refractivity contribution in [3.8, 4) is 5.75 Å². The van der Waals surface area contributed by atoms with Crippen LogP contribution in [-0.2, 0) is 11.3 Å². The lowest BCUT2D eigenvalue weighted by Gasteiger charge is -2.21. The molecular formula is C20H23FN6O2. The van der Waals surface area contributed by atoms with Gasteiger partial charge in [-0.1, -0.05) is 0 Å². The Balaban J connectivity index is 1.47. The third kappa shape index (κ3) is 3.91. The van der Waals surface area contributed by atoms with Crippen LogP contribution in [0, 0.1) is 5.82 Å². The van der Waals surface area contributed by atoms with Crippen molar-refractivity contribution < 1.29 is 13.9 Å². The second-order valence-electron chi connectivity index (χ2n) is 7.11. The molecule has 1 saturated heterocycles. The van der Waals surface area contributed by atoms with Gasteiger partial charge in [0.15, 0.2) is 11.8 Å². The normalized spacial score (nSPS) is 17.6. The first-order chi connectivity index (χ1) is 14.1. The van der Waals surface area contributed by atoms with E-state index in [1.54, 1.807) is 28.9 Å². The first kappa shape index (κ1) is 19.3. The Labute approximate surface area is 167 Å². The lowest BCUT2D eigenvalue weighted by Crippen LogP contribution is -2.39. The molecule has 4 rings (SSSR count). The molecule has 2 aromatic heterocycles. The number of hydrogen-bond donors (Lipinski definition) is 1. The van der Waals surface area contributed by atoms with Gasteiger partial charge in [0.05, 0.1) is 12.2 Å². The molecule has 2 N–H and O–H groups in total. The predicted molar refractivity (Wildman–Crippen MR) is 105 cm³/mol. The molecule has 0 saturated carbocycles. The lowest BCUT2D eigenvalue weighted by molar-refractivity contribution is -0.136. The topological polar surface area (TPSA) is 99.2 Å². The average Bonchev–Trinajstić information content (AvgIpc) is 3.35. The second kappa shape index (κ2) is 8.12. The van der Waals surface area contributed by atoms with Gasteiger partial charge in [-0.05, 0) is 37.6 Å². The van der Waals surface area contributed by atoms with Crippen LogP contribution in [0.4, 0.5) is 4.39 Å². The van der Waals surface area contributed by atoms with Crippen LogP contribution in [0.3, 0.4) is 0 Å². The molecule has 9 heteroatoms. The minimum absolute atomic E-state index is 0.0789. The maximum atomic E-state index is 13.0. The fraction of sp³-hybridized carbons (Fsp3) is 0.400. The number of nitrogens with two attached hydrogens (primary N) is 1. The van der Waals surface area contributed by atoms with Crippen molar-refractivity contribution in [3.05, 3.63) is 48.2 Å². The molecule has 0 unspecified atom stereocenters. The number of benzene rings is 1. The average molecular weight is 398 g/mol. The summed E-state index contributed by atoms with van der Waals surface area (Å²) in [5.74, 6) is 0.0942. The van der Waals surface area contributed by atoms with Crippen LogP contribution in [-0.4, -0.2) is 56.3 Å². The van der Waals surface area contributed by atoms with Gasteiger partial charge in [-0.25, -0.2) is 19.0 Å². The van der Waals surface area contributed by atoms with Crippen molar-refractivity contribution in [3.63, 3.8) is 0 Å². The third-order valence-electron chi connectivity index (χ3n) is 5.10. The van der Waals surface area contributed by atoms with E-state index in [4.69, 9.17) is 10.5 Å². The Kier molecular flexibility index (Phi) is 5.39. The number of hydrogen-bond acceptors (Lipinski definition) is 6. The van der Waals surface area contributed by atoms with E-state index in [1.165, 1.54) is 24.3 Å². The lowest BCUT2D eigenvalue weighted by atomic mass is 10.0. The number of carbonyl (C=O) groups is 1. The van der Waals surface area contributed by atoms with E-state index in [9.17, 15) is 9.18 Å². The molecule has 1 amide bonds. The highest BCUT2D eigenvalue weighted by Gasteiger charge is 2.33. The van der Waals surface area contributed by atoms with Crippen LogP contribution in [0.25, 0.3) is 11.2 Å². The third-order valence-corrected chi connectivity index (χ3v) is 5.10. The second-order valence-corrected chi connectivity index (χ2v) is 7.11. The van der Waals surface area contributed by atoms with Gasteiger partial charge in [-0.2, -0.15) is 5.10 Å². The van der Waals surface area contributed by atoms with E-state index in [2.05, 4.69) is 15.1 Å². The van der Waals surface area contributed by atoms with Gasteiger partial charge in [0.25, 0.3) is 5.91 Å². The summed E-state index contributed by atoms with van der Waals surface area (Å²) in [5, 5.41) is 4.68. The fourth-order valence-electron chi connectivity index (χ4n) is 3.69. The van der Waals surface area contributed by atoms with Crippen molar-refractivity contribution >= 4 is 17.1 Å². The van der Waals surface area contributed by atoms with Gasteiger partial charge >= 0.3 is 0 Å². The number of carbonyl (C=O) groups excluding carboxylic acids is 1. The summed E-state index contributed by atoms with van der Waals surface area (Å²) in [6.07, 6.45) is 3.42. The minimum atomic E-state index is -0.662. The Morgan fingerprint density at radius 1 is 1.31 bits per heavy atom. The van der Waals surface area contributed by atoms with Crippen molar-refractivity contribution in [1.82, 2.24) is 24.6 Å². The van der Waals surface area contributed by atoms with Crippen molar-refractivity contribution in [1.29, 1.82) is 0 Å². The monoisotopic (exact) mass is 398 g/mol. The Hall–Kier alpha value is -3.07. The van der Waals surface area contributed by atoms with Crippen LogP contribution < -0.4 is 10.5 Å². The molecule has 2 atom stereocenters. The van der Waals surface area contributed by atoms with Crippen LogP contribution in [0.15, 0.2) is 36.7 Å². The molecule has 0 bridgehead atoms. The molecule has 8 nitrogen and oxygen atoms in total. The molecular weight excluding hydrogens is 375 g/mol. The number of ether oxygens (including phenoxy) is 1. The molecule has 1 aliphatic heterocycles. The van der Waals surface area contributed by atoms with Crippen LogP contribution in [0.5, 0.6) is 5.75 Å². The van der Waals surface area contributed by atoms with E-state index in [0.29, 0.717) is 37.6 Å². The van der Waals surface area contributed by atoms with E-state index in [-0.39, 0.29) is 17.6 Å². The molecule has 1 fully saturated rings. The first-order valence-electron chi connectivity index (χ1n) is 9.65. The smallest absolute Gasteiger partial charge is 0.263 e. The minimum Gasteiger partial charge on any atom is -0.481 e. The number of amides is 1. The number of likely N-dealkylation sites (tertiary alicyclic amines) is 1. The van der Waals surface area contributed by atoms with Gasteiger partial charge in [0.1, 0.15) is 17.1 Å². The first-order valence-corrected chi connectivity index (χ1v) is 9.65. The van der Waals surface area contributed by atoms with Gasteiger partial charge in [-0.3, -0.25) is 4.79 Å². The fourth-order valence-corrected chi connectivity index (χ4v) is 3.69. The summed E-state index contributed by atoms with van der Waals surface area (Å²) >= 11 is 0. The zero-order chi connectivity index (χ0) is 20.4. The Bertz CT molecular complexity index is 1010. The van der Waals surface area contributed by atoms with E-state index < -0.39 is 6.10 Å². The van der Waals surface area contributed by atoms with Crippen molar-refractivity contribution in [2.45, 2.75) is 31.9 Å². The van der Waals surface area contributed by atoms with E-state index in [0.717, 1.165) is 17.6 Å². The Morgan fingerprint density at radius 2 is 2.07 bits per heavy atom. The summed E-state index contributed by atoms with van der Waals surface area (Å²) in [5.41, 5.74) is 8.01. The highest BCUT2D eigenvalue weighted by molar-refractivity contribution is 5.81. The summed E-state index contributed by atoms with van der Waals surface area (Å²) in [6.45, 7) is 3.89. The highest BCUT2D eigenvalue weighted by atomic mass is 19.1. The zero-order valence-electron chi connectivity index (χ0n) is 16.2. The number of fused-ring (bicyclic) bond motifs is 1. The summed E-state index contributed by atoms with van der Waals surface area (Å²) in [4.78, 5) is 23.4. The molecule has 152 valence electrons. The molecule has 0 aliphatic carbocycles. The standard InChI is InChI=1S/C20H23FN6O2/c1-13(29-16-4-2-15(21)3-5-16)20(28)26-10-6-14(12-26)17-18-19(24-9-8-23-18)27(25-17)11-7-22/h2-5,8-9,13-14H,6-7,10-12,22H2,1H3/t13-,14-/m1/s1. The predicted octanol–water partition coefficient (Wildman–Crippen LogP) is 1.71. The molecule has 0 spiro atoms. The Morgan fingerprint density at radius 3 is 2.83 bits per heavy atom. The van der Waals surface area contributed by atoms with Gasteiger partial charge in [0, 0.05) is 37.9 Å². The number of halogens is 1. The number of aromatic nitrogens is 4. The van der Waals surface area contributed by atoms with Crippen molar-refractivity contribution in [2.24, 2.45) is 5.73 Å². The zero-order valence-corrected chi connectivity index (χ0v) is 16.2. The van der Waals surface area contributed by atoms with E-state index >= 15 is 0 Å². The maximum absolute atomic E-state index is 13.0. The number of rotatable bonds is 6. The molecule has 1 aromatic carbocycles. The summed E-state index contributed by atoms with van der Waals surface area (Å²) in [6, 6.07) is 5.64. The molecule has 29 heavy (non-hydrogen) atoms. The summed E-state index contributed by atoms with van der Waals surface area (Å²) in [7, 11) is 0. The largest absolute Gasteiger partial charge is 0.481 e. The van der Waals surface area contributed by atoms with Gasteiger partial charge < -0.3 is 15.4 Å². The maximum Gasteiger partial charge on any atom is 0.263 e. The SMILES string of the molecule is C[C@@H](Oc1ccc(F)cc1)C(=O)N1CC[C@@H](c2nn(CCN)c3nccnc23)C1. The molecule has 0 radical (unpaired) electrons. The number of nitrogens with zero attached hydrogens (tertiary/aromatic N) is 5. The van der Waals surface area contributed by atoms with Gasteiger partial charge in [0.2, 0.25) is 0 Å². The van der Waals surface area contributed by atoms with E-state index in [1.807, 2.05) is 0 Å². The quantitative estimate of drug-likeness (QED) is 0.679. The van der Waals surface area contributed by atoms with Crippen LogP contribution >= 0.6 is 0 Å².